The Labute approximate surface area is 100.0 Å². The van der Waals surface area contributed by atoms with Crippen LogP contribution in [0.4, 0.5) is 0 Å². The number of rotatable bonds is 4. The maximum atomic E-state index is 11.4. The van der Waals surface area contributed by atoms with Crippen molar-refractivity contribution in [3.8, 4) is 0 Å². The Hall–Kier alpha value is -1.34. The summed E-state index contributed by atoms with van der Waals surface area (Å²) in [5.74, 6) is -1.30. The van der Waals surface area contributed by atoms with E-state index in [0.717, 1.165) is 0 Å². The minimum Gasteiger partial charge on any atom is -0.467 e. The molecule has 0 aromatic heterocycles. The van der Waals surface area contributed by atoms with Crippen molar-refractivity contribution in [1.29, 1.82) is 0 Å². The van der Waals surface area contributed by atoms with Crippen molar-refractivity contribution in [3.63, 3.8) is 0 Å². The maximum absolute atomic E-state index is 11.4. The van der Waals surface area contributed by atoms with Gasteiger partial charge in [-0.25, -0.2) is 9.59 Å². The molecule has 0 aromatic carbocycles. The van der Waals surface area contributed by atoms with Crippen molar-refractivity contribution in [3.05, 3.63) is 12.2 Å². The van der Waals surface area contributed by atoms with Crippen LogP contribution in [0.25, 0.3) is 0 Å². The Morgan fingerprint density at radius 2 is 1.65 bits per heavy atom. The molecule has 0 N–H and O–H groups in total. The molecule has 17 heavy (non-hydrogen) atoms. The molecule has 1 aliphatic rings. The standard InChI is InChI=1S/C10H15BO6/c1-4-5-6-11-16-7(9(12)14-2)8(17-11)10(13)15-3/h4-5,7-8H,6H2,1-3H3/b5-4+/t7-,8-/m1/s1. The highest BCUT2D eigenvalue weighted by Gasteiger charge is 2.48. The molecule has 6 nitrogen and oxygen atoms in total. The molecule has 1 heterocycles. The second-order valence-electron chi connectivity index (χ2n) is 3.39. The molecule has 7 heteroatoms. The summed E-state index contributed by atoms with van der Waals surface area (Å²) in [6, 6.07) is 0. The summed E-state index contributed by atoms with van der Waals surface area (Å²) < 4.78 is 19.7. The molecule has 0 amide bonds. The lowest BCUT2D eigenvalue weighted by atomic mass is 9.85. The van der Waals surface area contributed by atoms with Gasteiger partial charge >= 0.3 is 19.1 Å². The van der Waals surface area contributed by atoms with Crippen LogP contribution in [0.1, 0.15) is 6.92 Å². The third-order valence-electron chi connectivity index (χ3n) is 2.30. The van der Waals surface area contributed by atoms with Gasteiger partial charge in [0.1, 0.15) is 0 Å². The third-order valence-corrected chi connectivity index (χ3v) is 2.30. The van der Waals surface area contributed by atoms with Gasteiger partial charge in [-0.1, -0.05) is 12.2 Å². The van der Waals surface area contributed by atoms with Crippen LogP contribution in [0.2, 0.25) is 6.32 Å². The van der Waals surface area contributed by atoms with Crippen molar-refractivity contribution in [2.75, 3.05) is 14.2 Å². The van der Waals surface area contributed by atoms with E-state index in [1.807, 2.05) is 19.1 Å². The molecule has 0 aliphatic carbocycles. The normalized spacial score (nSPS) is 24.1. The Bertz CT molecular complexity index is 292. The molecule has 1 fully saturated rings. The highest BCUT2D eigenvalue weighted by Crippen LogP contribution is 2.21. The molecule has 2 atom stereocenters. The van der Waals surface area contributed by atoms with Crippen LogP contribution >= 0.6 is 0 Å². The van der Waals surface area contributed by atoms with Gasteiger partial charge in [0.15, 0.2) is 12.2 Å². The molecule has 1 rings (SSSR count). The molecular weight excluding hydrogens is 227 g/mol. The summed E-state index contributed by atoms with van der Waals surface area (Å²) in [7, 11) is 1.80. The van der Waals surface area contributed by atoms with Crippen LogP contribution in [-0.4, -0.2) is 45.5 Å². The van der Waals surface area contributed by atoms with Gasteiger partial charge in [0, 0.05) is 6.32 Å². The average molecular weight is 242 g/mol. The Morgan fingerprint density at radius 3 is 2.00 bits per heavy atom. The third kappa shape index (κ3) is 3.31. The topological polar surface area (TPSA) is 71.1 Å². The number of methoxy groups -OCH3 is 2. The smallest absolute Gasteiger partial charge is 0.462 e. The van der Waals surface area contributed by atoms with Crippen LogP contribution in [0.3, 0.4) is 0 Å². The first-order chi connectivity index (χ1) is 8.13. The Morgan fingerprint density at radius 1 is 1.18 bits per heavy atom. The first kappa shape index (κ1) is 13.7. The fraction of sp³-hybridized carbons (Fsp3) is 0.600. The molecule has 0 saturated carbocycles. The number of hydrogen-bond acceptors (Lipinski definition) is 6. The average Bonchev–Trinajstić information content (AvgIpc) is 2.78. The van der Waals surface area contributed by atoms with Crippen molar-refractivity contribution >= 4 is 19.1 Å². The minimum atomic E-state index is -1.07. The van der Waals surface area contributed by atoms with Crippen molar-refractivity contribution in [2.45, 2.75) is 25.5 Å². The zero-order valence-corrected chi connectivity index (χ0v) is 10.0. The molecule has 94 valence electrons. The molecule has 0 radical (unpaired) electrons. The van der Waals surface area contributed by atoms with E-state index in [1.165, 1.54) is 14.2 Å². The van der Waals surface area contributed by atoms with E-state index < -0.39 is 31.3 Å². The number of esters is 2. The summed E-state index contributed by atoms with van der Waals surface area (Å²) in [5.41, 5.74) is 0. The first-order valence-corrected chi connectivity index (χ1v) is 5.21. The summed E-state index contributed by atoms with van der Waals surface area (Å²) in [5, 5.41) is 0. The number of carbonyl (C=O) groups is 2. The van der Waals surface area contributed by atoms with E-state index in [-0.39, 0.29) is 0 Å². The second kappa shape index (κ2) is 6.41. The molecule has 0 unspecified atom stereocenters. The monoisotopic (exact) mass is 242 g/mol. The van der Waals surface area contributed by atoms with Gasteiger partial charge in [-0.15, -0.1) is 0 Å². The largest absolute Gasteiger partial charge is 0.467 e. The quantitative estimate of drug-likeness (QED) is 0.398. The van der Waals surface area contributed by atoms with E-state index >= 15 is 0 Å². The number of allylic oxidation sites excluding steroid dienone is 2. The van der Waals surface area contributed by atoms with E-state index in [1.54, 1.807) is 0 Å². The highest BCUT2D eigenvalue weighted by atomic mass is 16.7. The van der Waals surface area contributed by atoms with Crippen LogP contribution in [0.5, 0.6) is 0 Å². The number of hydrogen-bond donors (Lipinski definition) is 0. The fourth-order valence-electron chi connectivity index (χ4n) is 1.45. The van der Waals surface area contributed by atoms with Gasteiger partial charge in [0.2, 0.25) is 0 Å². The summed E-state index contributed by atoms with van der Waals surface area (Å²) in [6.45, 7) is 1.85. The van der Waals surface area contributed by atoms with E-state index in [9.17, 15) is 9.59 Å². The van der Waals surface area contributed by atoms with Gasteiger partial charge in [0.05, 0.1) is 14.2 Å². The van der Waals surface area contributed by atoms with Gasteiger partial charge in [-0.05, 0) is 6.92 Å². The summed E-state index contributed by atoms with van der Waals surface area (Å²) >= 11 is 0. The highest BCUT2D eigenvalue weighted by molar-refractivity contribution is 6.46. The van der Waals surface area contributed by atoms with E-state index in [0.29, 0.717) is 6.32 Å². The zero-order valence-electron chi connectivity index (χ0n) is 10.0. The first-order valence-electron chi connectivity index (χ1n) is 5.21. The summed E-state index contributed by atoms with van der Waals surface area (Å²) in [4.78, 5) is 22.8. The number of ether oxygens (including phenoxy) is 2. The minimum absolute atomic E-state index is 0.456. The van der Waals surface area contributed by atoms with Gasteiger partial charge in [-0.3, -0.25) is 0 Å². The van der Waals surface area contributed by atoms with Crippen LogP contribution in [0, 0.1) is 0 Å². The maximum Gasteiger partial charge on any atom is 0.462 e. The lowest BCUT2D eigenvalue weighted by molar-refractivity contribution is -0.160. The molecule has 1 saturated heterocycles. The van der Waals surface area contributed by atoms with Crippen molar-refractivity contribution < 1.29 is 28.4 Å². The molecule has 1 aliphatic heterocycles. The van der Waals surface area contributed by atoms with Crippen molar-refractivity contribution in [1.82, 2.24) is 0 Å². The number of carbonyl (C=O) groups excluding carboxylic acids is 2. The van der Waals surface area contributed by atoms with Gasteiger partial charge in [-0.2, -0.15) is 0 Å². The van der Waals surface area contributed by atoms with Crippen molar-refractivity contribution in [2.24, 2.45) is 0 Å². The predicted octanol–water partition coefficient (Wildman–Crippen LogP) is 0.181. The lowest BCUT2D eigenvalue weighted by Crippen LogP contribution is -2.38. The SMILES string of the molecule is C/C=C/CB1O[C@@H](C(=O)OC)[C@H](C(=O)OC)O1. The van der Waals surface area contributed by atoms with E-state index in [2.05, 4.69) is 9.47 Å². The summed E-state index contributed by atoms with van der Waals surface area (Å²) in [6.07, 6.45) is 1.96. The van der Waals surface area contributed by atoms with E-state index in [4.69, 9.17) is 9.31 Å². The zero-order chi connectivity index (χ0) is 12.8. The lowest BCUT2D eigenvalue weighted by Gasteiger charge is -2.13. The molecule has 0 bridgehead atoms. The molecular formula is C10H15BO6. The van der Waals surface area contributed by atoms with Crippen LogP contribution in [-0.2, 0) is 28.4 Å². The fourth-order valence-corrected chi connectivity index (χ4v) is 1.45. The molecule has 0 aromatic rings. The van der Waals surface area contributed by atoms with Crippen LogP contribution < -0.4 is 0 Å². The van der Waals surface area contributed by atoms with Gasteiger partial charge < -0.3 is 18.8 Å². The van der Waals surface area contributed by atoms with Crippen LogP contribution in [0.15, 0.2) is 12.2 Å². The predicted molar refractivity (Wildman–Crippen MR) is 59.2 cm³/mol. The van der Waals surface area contributed by atoms with Gasteiger partial charge in [0.25, 0.3) is 0 Å². The molecule has 0 spiro atoms. The Kier molecular flexibility index (Phi) is 5.18. The Balaban J connectivity index is 2.71. The second-order valence-corrected chi connectivity index (χ2v) is 3.39.